The normalized spacial score (nSPS) is 11.5. The van der Waals surface area contributed by atoms with Crippen molar-refractivity contribution in [2.45, 2.75) is 16.0 Å². The molecule has 4 rings (SSSR count). The third kappa shape index (κ3) is 5.03. The van der Waals surface area contributed by atoms with Crippen LogP contribution < -0.4 is 5.32 Å². The van der Waals surface area contributed by atoms with E-state index < -0.39 is 23.5 Å². The second-order valence-electron chi connectivity index (χ2n) is 6.86. The molecule has 4 aromatic rings. The van der Waals surface area contributed by atoms with Crippen molar-refractivity contribution in [2.24, 2.45) is 0 Å². The lowest BCUT2D eigenvalue weighted by Gasteiger charge is -2.14. The smallest absolute Gasteiger partial charge is 0.433 e. The Bertz CT molecular complexity index is 1380. The number of carbonyl (C=O) groups is 1. The van der Waals surface area contributed by atoms with Gasteiger partial charge in [-0.05, 0) is 36.4 Å². The number of carbonyl (C=O) groups excluding carboxylic acids is 1. The first kappa shape index (κ1) is 23.2. The molecule has 1 heterocycles. The van der Waals surface area contributed by atoms with Crippen LogP contribution in [0.2, 0.25) is 10.0 Å². The average Bonchev–Trinajstić information content (AvgIpc) is 2.76. The number of hydrogen-bond donors (Lipinski definition) is 2. The monoisotopic (exact) mass is 508 g/mol. The van der Waals surface area contributed by atoms with E-state index in [0.29, 0.717) is 20.9 Å². The number of hydrogen-bond acceptors (Lipinski definition) is 4. The molecule has 4 nitrogen and oxygen atoms in total. The number of nitrogens with zero attached hydrogens (tertiary/aromatic N) is 1. The number of benzene rings is 3. The van der Waals surface area contributed by atoms with Crippen LogP contribution in [0, 0.1) is 0 Å². The number of fused-ring (bicyclic) bond motifs is 1. The minimum Gasteiger partial charge on any atom is -0.506 e. The molecule has 1 aromatic heterocycles. The highest BCUT2D eigenvalue weighted by Gasteiger charge is 2.33. The van der Waals surface area contributed by atoms with Gasteiger partial charge in [-0.15, -0.1) is 0 Å². The molecule has 0 aliphatic rings. The first-order chi connectivity index (χ1) is 15.6. The Balaban J connectivity index is 1.72. The molecule has 2 N–H and O–H groups in total. The lowest BCUT2D eigenvalue weighted by molar-refractivity contribution is -0.141. The number of pyridine rings is 1. The van der Waals surface area contributed by atoms with Gasteiger partial charge in [0.05, 0.1) is 21.8 Å². The van der Waals surface area contributed by atoms with Gasteiger partial charge >= 0.3 is 6.18 Å². The summed E-state index contributed by atoms with van der Waals surface area (Å²) in [6.45, 7) is 0. The maximum atomic E-state index is 13.4. The maximum Gasteiger partial charge on any atom is 0.433 e. The number of aromatic nitrogens is 1. The molecule has 0 aliphatic heterocycles. The van der Waals surface area contributed by atoms with Gasteiger partial charge < -0.3 is 10.4 Å². The molecule has 0 bridgehead atoms. The number of amides is 1. The van der Waals surface area contributed by atoms with Crippen LogP contribution in [0.25, 0.3) is 10.9 Å². The van der Waals surface area contributed by atoms with Crippen LogP contribution in [-0.2, 0) is 6.18 Å². The first-order valence-corrected chi connectivity index (χ1v) is 10.9. The summed E-state index contributed by atoms with van der Waals surface area (Å²) in [4.78, 5) is 17.3. The molecule has 33 heavy (non-hydrogen) atoms. The van der Waals surface area contributed by atoms with Crippen molar-refractivity contribution in [1.82, 2.24) is 4.98 Å². The van der Waals surface area contributed by atoms with E-state index >= 15 is 0 Å². The minimum absolute atomic E-state index is 0.0850. The van der Waals surface area contributed by atoms with Crippen molar-refractivity contribution in [3.05, 3.63) is 88.0 Å². The fourth-order valence-corrected chi connectivity index (χ4v) is 4.64. The topological polar surface area (TPSA) is 62.2 Å². The molecule has 3 aromatic carbocycles. The molecule has 0 fully saturated rings. The van der Waals surface area contributed by atoms with Crippen LogP contribution in [0.1, 0.15) is 16.1 Å². The Hall–Kier alpha value is -2.94. The zero-order valence-electron chi connectivity index (χ0n) is 16.5. The summed E-state index contributed by atoms with van der Waals surface area (Å²) in [7, 11) is 0. The van der Waals surface area contributed by atoms with Crippen molar-refractivity contribution in [2.75, 3.05) is 5.32 Å². The molecule has 0 spiro atoms. The summed E-state index contributed by atoms with van der Waals surface area (Å²) < 4.78 is 40.2. The van der Waals surface area contributed by atoms with Gasteiger partial charge in [-0.25, -0.2) is 4.98 Å². The number of nitrogens with one attached hydrogen (secondary N) is 1. The van der Waals surface area contributed by atoms with Crippen molar-refractivity contribution in [3.63, 3.8) is 0 Å². The summed E-state index contributed by atoms with van der Waals surface area (Å²) in [6, 6.07) is 16.7. The van der Waals surface area contributed by atoms with Crippen LogP contribution in [0.5, 0.6) is 5.75 Å². The number of anilines is 1. The fraction of sp³-hybridized carbons (Fsp3) is 0.0435. The number of halogens is 5. The molecule has 0 atom stereocenters. The number of para-hydroxylation sites is 2. The second-order valence-corrected chi connectivity index (χ2v) is 8.78. The van der Waals surface area contributed by atoms with Crippen molar-refractivity contribution >= 4 is 57.5 Å². The fourth-order valence-electron chi connectivity index (χ4n) is 3.08. The van der Waals surface area contributed by atoms with Crippen LogP contribution in [0.15, 0.2) is 76.5 Å². The average molecular weight is 509 g/mol. The van der Waals surface area contributed by atoms with Gasteiger partial charge in [-0.1, -0.05) is 65.3 Å². The van der Waals surface area contributed by atoms with E-state index in [4.69, 9.17) is 23.2 Å². The zero-order valence-corrected chi connectivity index (χ0v) is 18.8. The lowest BCUT2D eigenvalue weighted by Crippen LogP contribution is -2.13. The summed E-state index contributed by atoms with van der Waals surface area (Å²) in [5.41, 5.74) is -0.614. The van der Waals surface area contributed by atoms with E-state index in [2.05, 4.69) is 10.3 Å². The predicted molar refractivity (Wildman–Crippen MR) is 123 cm³/mol. The molecule has 0 radical (unpaired) electrons. The summed E-state index contributed by atoms with van der Waals surface area (Å²) in [5, 5.41) is 13.4. The van der Waals surface area contributed by atoms with E-state index in [9.17, 15) is 23.1 Å². The van der Waals surface area contributed by atoms with E-state index in [1.165, 1.54) is 18.2 Å². The molecule has 10 heteroatoms. The summed E-state index contributed by atoms with van der Waals surface area (Å²) in [6.07, 6.45) is -4.61. The van der Waals surface area contributed by atoms with Gasteiger partial charge in [0.25, 0.3) is 5.91 Å². The van der Waals surface area contributed by atoms with Crippen LogP contribution in [0.3, 0.4) is 0 Å². The highest BCUT2D eigenvalue weighted by atomic mass is 35.5. The van der Waals surface area contributed by atoms with E-state index in [0.717, 1.165) is 17.8 Å². The molecule has 0 saturated heterocycles. The highest BCUT2D eigenvalue weighted by Crippen LogP contribution is 2.40. The number of alkyl halides is 3. The molecule has 0 unspecified atom stereocenters. The Morgan fingerprint density at radius 2 is 1.67 bits per heavy atom. The largest absolute Gasteiger partial charge is 0.506 e. The SMILES string of the molecule is O=C(Nc1ccccc1Sc1cc(C(F)(F)F)nc2ccccc12)c1cc(Cl)cc(Cl)c1O. The predicted octanol–water partition coefficient (Wildman–Crippen LogP) is 7.67. The Labute approximate surface area is 200 Å². The van der Waals surface area contributed by atoms with Gasteiger partial charge in [-0.3, -0.25) is 4.79 Å². The molecule has 0 aliphatic carbocycles. The Kier molecular flexibility index (Phi) is 6.43. The Morgan fingerprint density at radius 3 is 2.42 bits per heavy atom. The van der Waals surface area contributed by atoms with Gasteiger partial charge in [0, 0.05) is 20.2 Å². The summed E-state index contributed by atoms with van der Waals surface area (Å²) >= 11 is 12.9. The quantitative estimate of drug-likeness (QED) is 0.296. The van der Waals surface area contributed by atoms with Crippen LogP contribution in [0.4, 0.5) is 18.9 Å². The van der Waals surface area contributed by atoms with Crippen molar-refractivity contribution in [1.29, 1.82) is 0 Å². The molecule has 0 saturated carbocycles. The van der Waals surface area contributed by atoms with Gasteiger partial charge in [0.1, 0.15) is 11.4 Å². The minimum atomic E-state index is -4.61. The van der Waals surface area contributed by atoms with Crippen molar-refractivity contribution < 1.29 is 23.1 Å². The standard InChI is InChI=1S/C23H13Cl2F3N2O2S/c24-12-9-14(21(31)15(25)10-12)22(32)30-17-7-3-4-8-18(17)33-19-11-20(23(26,27)28)29-16-6-2-1-5-13(16)19/h1-11,31H,(H,30,32). The van der Waals surface area contributed by atoms with Gasteiger partial charge in [0.2, 0.25) is 0 Å². The Morgan fingerprint density at radius 1 is 0.970 bits per heavy atom. The number of rotatable bonds is 4. The maximum absolute atomic E-state index is 13.4. The first-order valence-electron chi connectivity index (χ1n) is 9.36. The van der Waals surface area contributed by atoms with E-state index in [1.54, 1.807) is 42.5 Å². The van der Waals surface area contributed by atoms with Gasteiger partial charge in [0.15, 0.2) is 0 Å². The van der Waals surface area contributed by atoms with Gasteiger partial charge in [-0.2, -0.15) is 13.2 Å². The lowest BCUT2D eigenvalue weighted by atomic mass is 10.2. The molecular weight excluding hydrogens is 496 g/mol. The molecule has 168 valence electrons. The second kappa shape index (κ2) is 9.13. The molecular formula is C23H13Cl2F3N2O2S. The number of phenols is 1. The third-order valence-corrected chi connectivity index (χ3v) is 6.24. The van der Waals surface area contributed by atoms with Crippen molar-refractivity contribution in [3.8, 4) is 5.75 Å². The zero-order chi connectivity index (χ0) is 23.8. The van der Waals surface area contributed by atoms with Crippen LogP contribution in [-0.4, -0.2) is 16.0 Å². The molecule has 1 amide bonds. The third-order valence-electron chi connectivity index (χ3n) is 4.60. The summed E-state index contributed by atoms with van der Waals surface area (Å²) in [5.74, 6) is -1.11. The highest BCUT2D eigenvalue weighted by molar-refractivity contribution is 7.99. The number of aromatic hydroxyl groups is 1. The van der Waals surface area contributed by atoms with Crippen LogP contribution >= 0.6 is 35.0 Å². The van der Waals surface area contributed by atoms with E-state index in [-0.39, 0.29) is 21.1 Å². The van der Waals surface area contributed by atoms with E-state index in [1.807, 2.05) is 0 Å². The number of phenolic OH excluding ortho intramolecular Hbond substituents is 1.